The highest BCUT2D eigenvalue weighted by molar-refractivity contribution is 7.99. The molecule has 0 aliphatic carbocycles. The summed E-state index contributed by atoms with van der Waals surface area (Å²) in [6.07, 6.45) is 0.00214. The van der Waals surface area contributed by atoms with E-state index in [9.17, 15) is 9.18 Å². The maximum atomic E-state index is 13.6. The maximum absolute atomic E-state index is 13.6. The van der Waals surface area contributed by atoms with E-state index in [0.717, 1.165) is 21.1 Å². The van der Waals surface area contributed by atoms with Gasteiger partial charge in [0.1, 0.15) is 5.82 Å². The van der Waals surface area contributed by atoms with Crippen LogP contribution in [-0.4, -0.2) is 15.9 Å². The Kier molecular flexibility index (Phi) is 4.89. The zero-order chi connectivity index (χ0) is 18.6. The van der Waals surface area contributed by atoms with Crippen LogP contribution in [0.2, 0.25) is 0 Å². The van der Waals surface area contributed by atoms with Crippen molar-refractivity contribution in [1.82, 2.24) is 9.97 Å². The van der Waals surface area contributed by atoms with E-state index in [2.05, 4.69) is 15.3 Å². The van der Waals surface area contributed by atoms with Gasteiger partial charge in [-0.3, -0.25) is 4.79 Å². The number of imidazole rings is 1. The summed E-state index contributed by atoms with van der Waals surface area (Å²) in [5, 5.41) is 3.60. The Balaban J connectivity index is 1.39. The highest BCUT2D eigenvalue weighted by atomic mass is 32.2. The van der Waals surface area contributed by atoms with Crippen LogP contribution < -0.4 is 5.32 Å². The van der Waals surface area contributed by atoms with E-state index >= 15 is 0 Å². The van der Waals surface area contributed by atoms with E-state index in [4.69, 9.17) is 0 Å². The molecule has 0 atom stereocenters. The number of hydrogen-bond donors (Lipinski definition) is 2. The van der Waals surface area contributed by atoms with Crippen molar-refractivity contribution in [2.45, 2.75) is 16.5 Å². The first kappa shape index (κ1) is 17.3. The fourth-order valence-electron chi connectivity index (χ4n) is 2.72. The molecule has 0 unspecified atom stereocenters. The van der Waals surface area contributed by atoms with Crippen LogP contribution in [0.4, 0.5) is 10.1 Å². The van der Waals surface area contributed by atoms with Gasteiger partial charge in [0.25, 0.3) is 0 Å². The second-order valence-electron chi connectivity index (χ2n) is 6.00. The number of hydrogen-bond acceptors (Lipinski definition) is 3. The Labute approximate surface area is 159 Å². The fraction of sp³-hybridized carbons (Fsp3) is 0.0476. The second kappa shape index (κ2) is 7.63. The Morgan fingerprint density at radius 1 is 1.00 bits per heavy atom. The van der Waals surface area contributed by atoms with Crippen molar-refractivity contribution in [3.8, 4) is 0 Å². The molecule has 1 heterocycles. The van der Waals surface area contributed by atoms with Gasteiger partial charge in [0.05, 0.1) is 17.5 Å². The van der Waals surface area contributed by atoms with Gasteiger partial charge in [-0.2, -0.15) is 0 Å². The van der Waals surface area contributed by atoms with Gasteiger partial charge in [0, 0.05) is 10.6 Å². The largest absolute Gasteiger partial charge is 0.333 e. The number of anilines is 1. The van der Waals surface area contributed by atoms with Gasteiger partial charge in [-0.05, 0) is 48.0 Å². The molecule has 0 saturated carbocycles. The minimum Gasteiger partial charge on any atom is -0.333 e. The van der Waals surface area contributed by atoms with Gasteiger partial charge in [0.15, 0.2) is 5.16 Å². The molecule has 0 radical (unpaired) electrons. The summed E-state index contributed by atoms with van der Waals surface area (Å²) >= 11 is 1.52. The zero-order valence-electron chi connectivity index (χ0n) is 14.3. The molecule has 0 aliphatic heterocycles. The van der Waals surface area contributed by atoms with Crippen molar-refractivity contribution in [3.05, 3.63) is 84.2 Å². The van der Waals surface area contributed by atoms with E-state index in [0.29, 0.717) is 11.3 Å². The van der Waals surface area contributed by atoms with Crippen LogP contribution in [0.5, 0.6) is 0 Å². The number of H-pyrrole nitrogens is 1. The summed E-state index contributed by atoms with van der Waals surface area (Å²) in [5.74, 6) is -0.622. The van der Waals surface area contributed by atoms with Crippen molar-refractivity contribution in [2.75, 3.05) is 5.32 Å². The molecule has 1 amide bonds. The molecular weight excluding hydrogens is 361 g/mol. The Hall–Kier alpha value is -3.12. The lowest BCUT2D eigenvalue weighted by molar-refractivity contribution is -0.115. The SMILES string of the molecule is O=C(Cc1ccccc1F)Nc1ccc(Sc2nc3ccccc3[nH]2)cc1. The molecule has 0 saturated heterocycles. The fourth-order valence-corrected chi connectivity index (χ4v) is 3.52. The number of nitrogens with zero attached hydrogens (tertiary/aromatic N) is 1. The highest BCUT2D eigenvalue weighted by Gasteiger charge is 2.09. The number of amides is 1. The van der Waals surface area contributed by atoms with Crippen molar-refractivity contribution in [2.24, 2.45) is 0 Å². The van der Waals surface area contributed by atoms with Crippen molar-refractivity contribution >= 4 is 34.4 Å². The quantitative estimate of drug-likeness (QED) is 0.513. The number of carbonyl (C=O) groups is 1. The van der Waals surface area contributed by atoms with Crippen molar-refractivity contribution < 1.29 is 9.18 Å². The molecule has 0 fully saturated rings. The molecular formula is C21H16FN3OS. The topological polar surface area (TPSA) is 57.8 Å². The summed E-state index contributed by atoms with van der Waals surface area (Å²) in [6.45, 7) is 0. The summed E-state index contributed by atoms with van der Waals surface area (Å²) in [4.78, 5) is 20.9. The average Bonchev–Trinajstić information content (AvgIpc) is 3.07. The number of benzene rings is 3. The number of aromatic amines is 1. The molecule has 4 rings (SSSR count). The van der Waals surface area contributed by atoms with Crippen LogP contribution in [-0.2, 0) is 11.2 Å². The molecule has 0 bridgehead atoms. The summed E-state index contributed by atoms with van der Waals surface area (Å²) in [5.41, 5.74) is 2.98. The highest BCUT2D eigenvalue weighted by Crippen LogP contribution is 2.28. The van der Waals surface area contributed by atoms with Crippen molar-refractivity contribution in [1.29, 1.82) is 0 Å². The van der Waals surface area contributed by atoms with Gasteiger partial charge < -0.3 is 10.3 Å². The standard InChI is InChI=1S/C21H16FN3OS/c22-17-6-2-1-5-14(17)13-20(26)23-15-9-11-16(12-10-15)27-21-24-18-7-3-4-8-19(18)25-21/h1-12H,13H2,(H,23,26)(H,24,25). The third-order valence-electron chi connectivity index (χ3n) is 4.03. The maximum Gasteiger partial charge on any atom is 0.228 e. The van der Waals surface area contributed by atoms with Gasteiger partial charge in [-0.25, -0.2) is 9.37 Å². The van der Waals surface area contributed by atoms with Crippen LogP contribution in [0.25, 0.3) is 11.0 Å². The van der Waals surface area contributed by atoms with Gasteiger partial charge in [0.2, 0.25) is 5.91 Å². The summed E-state index contributed by atoms with van der Waals surface area (Å²) in [6, 6.07) is 21.6. The van der Waals surface area contributed by atoms with Gasteiger partial charge in [-0.15, -0.1) is 0 Å². The van der Waals surface area contributed by atoms with Gasteiger partial charge >= 0.3 is 0 Å². The smallest absolute Gasteiger partial charge is 0.228 e. The molecule has 0 spiro atoms. The Morgan fingerprint density at radius 2 is 1.74 bits per heavy atom. The summed E-state index contributed by atoms with van der Waals surface area (Å²) < 4.78 is 13.6. The minimum atomic E-state index is -0.370. The van der Waals surface area contributed by atoms with E-state index < -0.39 is 0 Å². The lowest BCUT2D eigenvalue weighted by atomic mass is 10.1. The third-order valence-corrected chi connectivity index (χ3v) is 4.92. The van der Waals surface area contributed by atoms with Gasteiger partial charge in [-0.1, -0.05) is 42.1 Å². The van der Waals surface area contributed by atoms with E-state index in [1.54, 1.807) is 18.2 Å². The first-order chi connectivity index (χ1) is 13.2. The van der Waals surface area contributed by atoms with Crippen LogP contribution in [0.3, 0.4) is 0 Å². The number of fused-ring (bicyclic) bond motifs is 1. The second-order valence-corrected chi connectivity index (χ2v) is 7.06. The first-order valence-electron chi connectivity index (χ1n) is 8.43. The number of rotatable bonds is 5. The number of halogens is 1. The molecule has 0 aliphatic rings. The van der Waals surface area contributed by atoms with Crippen molar-refractivity contribution in [3.63, 3.8) is 0 Å². The Bertz CT molecular complexity index is 1060. The number of nitrogens with one attached hydrogen (secondary N) is 2. The number of carbonyl (C=O) groups excluding carboxylic acids is 1. The normalized spacial score (nSPS) is 10.9. The number of aromatic nitrogens is 2. The molecule has 4 aromatic rings. The van der Waals surface area contributed by atoms with Crippen LogP contribution in [0, 0.1) is 5.82 Å². The van der Waals surface area contributed by atoms with E-state index in [1.807, 2.05) is 48.5 Å². The van der Waals surface area contributed by atoms with E-state index in [1.165, 1.54) is 17.8 Å². The monoisotopic (exact) mass is 377 g/mol. The summed E-state index contributed by atoms with van der Waals surface area (Å²) in [7, 11) is 0. The lowest BCUT2D eigenvalue weighted by Gasteiger charge is -2.07. The van der Waals surface area contributed by atoms with Crippen LogP contribution >= 0.6 is 11.8 Å². The zero-order valence-corrected chi connectivity index (χ0v) is 15.1. The van der Waals surface area contributed by atoms with Crippen LogP contribution in [0.15, 0.2) is 82.8 Å². The Morgan fingerprint density at radius 3 is 2.52 bits per heavy atom. The molecule has 1 aromatic heterocycles. The molecule has 3 aromatic carbocycles. The lowest BCUT2D eigenvalue weighted by Crippen LogP contribution is -2.15. The third kappa shape index (κ3) is 4.17. The molecule has 27 heavy (non-hydrogen) atoms. The van der Waals surface area contributed by atoms with E-state index in [-0.39, 0.29) is 18.1 Å². The molecule has 6 heteroatoms. The predicted molar refractivity (Wildman–Crippen MR) is 105 cm³/mol. The number of para-hydroxylation sites is 2. The first-order valence-corrected chi connectivity index (χ1v) is 9.25. The molecule has 2 N–H and O–H groups in total. The van der Waals surface area contributed by atoms with Crippen LogP contribution in [0.1, 0.15) is 5.56 Å². The molecule has 134 valence electrons. The predicted octanol–water partition coefficient (Wildman–Crippen LogP) is 5.03. The average molecular weight is 377 g/mol. The molecule has 4 nitrogen and oxygen atoms in total. The minimum absolute atomic E-state index is 0.00214.